The molecule has 1 atom stereocenters. The van der Waals surface area contributed by atoms with Gasteiger partial charge in [0.15, 0.2) is 0 Å². The summed E-state index contributed by atoms with van der Waals surface area (Å²) in [4.78, 5) is 12.2. The molecular formula is C16H15BrClNO. The molecule has 4 heteroatoms. The number of hydrogen-bond acceptors (Lipinski definition) is 1. The first-order chi connectivity index (χ1) is 9.60. The predicted molar refractivity (Wildman–Crippen MR) is 86.0 cm³/mol. The molecule has 1 N–H and O–H groups in total. The van der Waals surface area contributed by atoms with Crippen LogP contribution in [0.1, 0.15) is 34.5 Å². The number of benzene rings is 2. The van der Waals surface area contributed by atoms with Crippen LogP contribution in [0.4, 0.5) is 0 Å². The van der Waals surface area contributed by atoms with E-state index in [1.807, 2.05) is 49.4 Å². The van der Waals surface area contributed by atoms with E-state index in [1.165, 1.54) is 0 Å². The van der Waals surface area contributed by atoms with Crippen molar-refractivity contribution in [3.05, 3.63) is 69.7 Å². The number of alkyl halides is 1. The Labute approximate surface area is 132 Å². The summed E-state index contributed by atoms with van der Waals surface area (Å²) in [5.74, 6) is 0.316. The molecule has 0 saturated heterocycles. The van der Waals surface area contributed by atoms with Crippen molar-refractivity contribution in [1.29, 1.82) is 0 Å². The van der Waals surface area contributed by atoms with Gasteiger partial charge in [-0.3, -0.25) is 4.79 Å². The second-order valence-electron chi connectivity index (χ2n) is 4.58. The number of hydrogen-bond donors (Lipinski definition) is 1. The lowest BCUT2D eigenvalue weighted by atomic mass is 10.1. The van der Waals surface area contributed by atoms with Gasteiger partial charge in [0.1, 0.15) is 0 Å². The SMILES string of the molecule is C[C@@H](NC(=O)c1cccc(CCl)c1)c1ccc(Br)cc1. The largest absolute Gasteiger partial charge is 0.346 e. The molecule has 0 aliphatic carbocycles. The van der Waals surface area contributed by atoms with E-state index in [2.05, 4.69) is 21.2 Å². The molecule has 0 fully saturated rings. The van der Waals surface area contributed by atoms with E-state index in [4.69, 9.17) is 11.6 Å². The molecule has 0 unspecified atom stereocenters. The molecule has 104 valence electrons. The van der Waals surface area contributed by atoms with Gasteiger partial charge in [0.05, 0.1) is 6.04 Å². The van der Waals surface area contributed by atoms with Crippen molar-refractivity contribution in [2.45, 2.75) is 18.8 Å². The Kier molecular flexibility index (Phi) is 5.21. The third kappa shape index (κ3) is 3.84. The highest BCUT2D eigenvalue weighted by molar-refractivity contribution is 9.10. The quantitative estimate of drug-likeness (QED) is 0.795. The maximum atomic E-state index is 12.2. The van der Waals surface area contributed by atoms with Gasteiger partial charge >= 0.3 is 0 Å². The summed E-state index contributed by atoms with van der Waals surface area (Å²) >= 11 is 9.18. The van der Waals surface area contributed by atoms with Crippen LogP contribution in [0.15, 0.2) is 53.0 Å². The Morgan fingerprint density at radius 2 is 1.95 bits per heavy atom. The van der Waals surface area contributed by atoms with E-state index in [0.717, 1.165) is 15.6 Å². The molecule has 0 bridgehead atoms. The Balaban J connectivity index is 2.08. The molecule has 0 aromatic heterocycles. The summed E-state index contributed by atoms with van der Waals surface area (Å²) in [5.41, 5.74) is 2.64. The van der Waals surface area contributed by atoms with Gasteiger partial charge in [-0.05, 0) is 42.3 Å². The van der Waals surface area contributed by atoms with Crippen molar-refractivity contribution in [2.24, 2.45) is 0 Å². The minimum absolute atomic E-state index is 0.0461. The standard InChI is InChI=1S/C16H15BrClNO/c1-11(13-5-7-15(17)8-6-13)19-16(20)14-4-2-3-12(9-14)10-18/h2-9,11H,10H2,1H3,(H,19,20)/t11-/m1/s1. The lowest BCUT2D eigenvalue weighted by Crippen LogP contribution is -2.26. The van der Waals surface area contributed by atoms with Gasteiger partial charge in [0.2, 0.25) is 0 Å². The van der Waals surface area contributed by atoms with Crippen LogP contribution in [0.5, 0.6) is 0 Å². The van der Waals surface area contributed by atoms with Crippen LogP contribution in [0.3, 0.4) is 0 Å². The van der Waals surface area contributed by atoms with Crippen molar-refractivity contribution < 1.29 is 4.79 Å². The van der Waals surface area contributed by atoms with Crippen molar-refractivity contribution in [3.63, 3.8) is 0 Å². The fourth-order valence-electron chi connectivity index (χ4n) is 1.91. The van der Waals surface area contributed by atoms with E-state index < -0.39 is 0 Å². The normalized spacial score (nSPS) is 11.9. The van der Waals surface area contributed by atoms with E-state index in [-0.39, 0.29) is 11.9 Å². The first-order valence-electron chi connectivity index (χ1n) is 6.31. The molecular weight excluding hydrogens is 338 g/mol. The molecule has 0 aliphatic rings. The first-order valence-corrected chi connectivity index (χ1v) is 7.64. The molecule has 2 aromatic rings. The van der Waals surface area contributed by atoms with E-state index in [9.17, 15) is 4.79 Å². The van der Waals surface area contributed by atoms with Crippen molar-refractivity contribution in [1.82, 2.24) is 5.32 Å². The Bertz CT molecular complexity index is 598. The van der Waals surface area contributed by atoms with Crippen LogP contribution in [-0.4, -0.2) is 5.91 Å². The van der Waals surface area contributed by atoms with Gasteiger partial charge in [-0.2, -0.15) is 0 Å². The molecule has 2 rings (SSSR count). The summed E-state index contributed by atoms with van der Waals surface area (Å²) < 4.78 is 1.02. The van der Waals surface area contributed by atoms with Crippen LogP contribution < -0.4 is 5.32 Å². The monoisotopic (exact) mass is 351 g/mol. The van der Waals surface area contributed by atoms with Gasteiger partial charge in [-0.1, -0.05) is 40.2 Å². The predicted octanol–water partition coefficient (Wildman–Crippen LogP) is 4.68. The highest BCUT2D eigenvalue weighted by Gasteiger charge is 2.11. The lowest BCUT2D eigenvalue weighted by Gasteiger charge is -2.14. The zero-order valence-electron chi connectivity index (χ0n) is 11.1. The second-order valence-corrected chi connectivity index (χ2v) is 5.76. The number of nitrogens with one attached hydrogen (secondary N) is 1. The van der Waals surface area contributed by atoms with E-state index in [1.54, 1.807) is 6.07 Å². The van der Waals surface area contributed by atoms with Gasteiger partial charge in [0.25, 0.3) is 5.91 Å². The molecule has 0 aliphatic heterocycles. The van der Waals surface area contributed by atoms with Gasteiger partial charge in [0, 0.05) is 15.9 Å². The average molecular weight is 353 g/mol. The van der Waals surface area contributed by atoms with Crippen molar-refractivity contribution in [3.8, 4) is 0 Å². The molecule has 0 radical (unpaired) electrons. The molecule has 2 nitrogen and oxygen atoms in total. The summed E-state index contributed by atoms with van der Waals surface area (Å²) in [6.07, 6.45) is 0. The fraction of sp³-hybridized carbons (Fsp3) is 0.188. The fourth-order valence-corrected chi connectivity index (χ4v) is 2.34. The zero-order chi connectivity index (χ0) is 14.5. The number of halogens is 2. The summed E-state index contributed by atoms with van der Waals surface area (Å²) in [7, 11) is 0. The maximum Gasteiger partial charge on any atom is 0.251 e. The van der Waals surface area contributed by atoms with Crippen LogP contribution in [0.25, 0.3) is 0 Å². The third-order valence-electron chi connectivity index (χ3n) is 3.06. The van der Waals surface area contributed by atoms with E-state index >= 15 is 0 Å². The zero-order valence-corrected chi connectivity index (χ0v) is 13.4. The highest BCUT2D eigenvalue weighted by atomic mass is 79.9. The van der Waals surface area contributed by atoms with Crippen molar-refractivity contribution >= 4 is 33.4 Å². The minimum Gasteiger partial charge on any atom is -0.346 e. The summed E-state index contributed by atoms with van der Waals surface area (Å²) in [5, 5.41) is 2.99. The molecule has 1 amide bonds. The number of carbonyl (C=O) groups is 1. The van der Waals surface area contributed by atoms with E-state index in [0.29, 0.717) is 11.4 Å². The van der Waals surface area contributed by atoms with Crippen LogP contribution in [0, 0.1) is 0 Å². The summed E-state index contributed by atoms with van der Waals surface area (Å²) in [6.45, 7) is 1.96. The maximum absolute atomic E-state index is 12.2. The molecule has 0 saturated carbocycles. The minimum atomic E-state index is -0.0904. The van der Waals surface area contributed by atoms with Gasteiger partial charge in [-0.15, -0.1) is 11.6 Å². The lowest BCUT2D eigenvalue weighted by molar-refractivity contribution is 0.0940. The van der Waals surface area contributed by atoms with Gasteiger partial charge < -0.3 is 5.32 Å². The molecule has 0 spiro atoms. The Morgan fingerprint density at radius 1 is 1.25 bits per heavy atom. The first kappa shape index (κ1) is 15.1. The smallest absolute Gasteiger partial charge is 0.251 e. The van der Waals surface area contributed by atoms with Crippen LogP contribution in [-0.2, 0) is 5.88 Å². The Morgan fingerprint density at radius 3 is 2.60 bits per heavy atom. The third-order valence-corrected chi connectivity index (χ3v) is 3.90. The second kappa shape index (κ2) is 6.91. The van der Waals surface area contributed by atoms with Gasteiger partial charge in [-0.25, -0.2) is 0 Å². The number of carbonyl (C=O) groups excluding carboxylic acids is 1. The van der Waals surface area contributed by atoms with Crippen molar-refractivity contribution in [2.75, 3.05) is 0 Å². The summed E-state index contributed by atoms with van der Waals surface area (Å²) in [6, 6.07) is 15.2. The molecule has 0 heterocycles. The highest BCUT2D eigenvalue weighted by Crippen LogP contribution is 2.17. The number of amides is 1. The average Bonchev–Trinajstić information content (AvgIpc) is 2.47. The Hall–Kier alpha value is -1.32. The van der Waals surface area contributed by atoms with Crippen LogP contribution >= 0.6 is 27.5 Å². The van der Waals surface area contributed by atoms with Crippen LogP contribution in [0.2, 0.25) is 0 Å². The topological polar surface area (TPSA) is 29.1 Å². The number of rotatable bonds is 4. The molecule has 20 heavy (non-hydrogen) atoms. The molecule has 2 aromatic carbocycles.